The van der Waals surface area contributed by atoms with E-state index in [1.54, 1.807) is 0 Å². The smallest absolute Gasteiger partial charge is 0.191 e. The van der Waals surface area contributed by atoms with Crippen LogP contribution in [-0.4, -0.2) is 46.5 Å². The van der Waals surface area contributed by atoms with E-state index in [9.17, 15) is 0 Å². The molecule has 158 valence electrons. The highest BCUT2D eigenvalue weighted by atomic mass is 35.5. The van der Waals surface area contributed by atoms with Crippen molar-refractivity contribution >= 4 is 17.6 Å². The van der Waals surface area contributed by atoms with Crippen LogP contribution in [0.5, 0.6) is 0 Å². The van der Waals surface area contributed by atoms with Gasteiger partial charge in [-0.05, 0) is 43.9 Å². The van der Waals surface area contributed by atoms with Gasteiger partial charge in [-0.15, -0.1) is 10.2 Å². The molecule has 7 nitrogen and oxygen atoms in total. The average Bonchev–Trinajstić information content (AvgIpc) is 3.36. The molecule has 0 saturated carbocycles. The number of nitrogens with one attached hydrogen (secondary N) is 2. The molecule has 0 radical (unpaired) electrons. The first-order chi connectivity index (χ1) is 14.1. The van der Waals surface area contributed by atoms with Crippen molar-refractivity contribution in [3.63, 3.8) is 0 Å². The molecule has 2 aromatic rings. The Morgan fingerprint density at radius 3 is 2.72 bits per heavy atom. The summed E-state index contributed by atoms with van der Waals surface area (Å²) in [5.74, 6) is 2.86. The number of nitrogens with zero attached hydrogens (tertiary/aromatic N) is 4. The summed E-state index contributed by atoms with van der Waals surface area (Å²) in [6.07, 6.45) is 3.48. The third-order valence-electron chi connectivity index (χ3n) is 5.43. The summed E-state index contributed by atoms with van der Waals surface area (Å²) in [7, 11) is 1.96. The van der Waals surface area contributed by atoms with Crippen molar-refractivity contribution in [2.75, 3.05) is 19.7 Å². The van der Waals surface area contributed by atoms with E-state index in [4.69, 9.17) is 21.3 Å². The van der Waals surface area contributed by atoms with Crippen LogP contribution in [0.2, 0.25) is 5.02 Å². The van der Waals surface area contributed by atoms with Gasteiger partial charge in [0.1, 0.15) is 12.4 Å². The van der Waals surface area contributed by atoms with Gasteiger partial charge in [0, 0.05) is 37.7 Å². The van der Waals surface area contributed by atoms with Crippen molar-refractivity contribution in [2.24, 2.45) is 12.0 Å². The molecular weight excluding hydrogens is 388 g/mol. The van der Waals surface area contributed by atoms with Crippen LogP contribution >= 0.6 is 11.6 Å². The third-order valence-corrected chi connectivity index (χ3v) is 5.68. The maximum absolute atomic E-state index is 6.03. The number of aliphatic imine (C=N–C) groups is 1. The first-order valence-corrected chi connectivity index (χ1v) is 10.7. The molecule has 0 amide bonds. The van der Waals surface area contributed by atoms with Gasteiger partial charge in [0.25, 0.3) is 0 Å². The quantitative estimate of drug-likeness (QED) is 0.508. The Hall–Kier alpha value is -2.12. The summed E-state index contributed by atoms with van der Waals surface area (Å²) in [5.41, 5.74) is 1.27. The Balaban J connectivity index is 1.64. The summed E-state index contributed by atoms with van der Waals surface area (Å²) in [6.45, 7) is 6.98. The zero-order valence-corrected chi connectivity index (χ0v) is 18.2. The second-order valence-corrected chi connectivity index (χ2v) is 7.88. The second kappa shape index (κ2) is 10.6. The third kappa shape index (κ3) is 6.18. The first-order valence-electron chi connectivity index (χ1n) is 10.3. The van der Waals surface area contributed by atoms with E-state index in [1.807, 2.05) is 30.7 Å². The summed E-state index contributed by atoms with van der Waals surface area (Å²) >= 11 is 6.03. The van der Waals surface area contributed by atoms with E-state index in [2.05, 4.69) is 39.9 Å². The molecule has 29 heavy (non-hydrogen) atoms. The zero-order chi connectivity index (χ0) is 20.6. The molecule has 1 aliphatic rings. The van der Waals surface area contributed by atoms with Crippen molar-refractivity contribution in [3.8, 4) is 0 Å². The fraction of sp³-hybridized carbons (Fsp3) is 0.571. The lowest BCUT2D eigenvalue weighted by Crippen LogP contribution is -2.42. The molecule has 1 fully saturated rings. The molecule has 3 rings (SSSR count). The fourth-order valence-corrected chi connectivity index (χ4v) is 3.51. The molecule has 1 saturated heterocycles. The molecule has 1 aliphatic heterocycles. The van der Waals surface area contributed by atoms with Crippen LogP contribution in [0.15, 0.2) is 29.3 Å². The topological polar surface area (TPSA) is 76.4 Å². The Kier molecular flexibility index (Phi) is 7.89. The maximum atomic E-state index is 6.03. The van der Waals surface area contributed by atoms with E-state index >= 15 is 0 Å². The molecule has 0 aliphatic carbocycles. The lowest BCUT2D eigenvalue weighted by molar-refractivity contribution is 0.113. The Labute approximate surface area is 177 Å². The molecular formula is C21H31ClN6O. The van der Waals surface area contributed by atoms with E-state index in [0.717, 1.165) is 61.6 Å². The monoisotopic (exact) mass is 418 g/mol. The molecule has 2 heterocycles. The Morgan fingerprint density at radius 2 is 2.10 bits per heavy atom. The number of aromatic nitrogens is 3. The Morgan fingerprint density at radius 1 is 1.31 bits per heavy atom. The normalized spacial score (nSPS) is 18.1. The van der Waals surface area contributed by atoms with Crippen molar-refractivity contribution < 1.29 is 4.74 Å². The highest BCUT2D eigenvalue weighted by Crippen LogP contribution is 2.20. The van der Waals surface area contributed by atoms with Crippen LogP contribution in [0.4, 0.5) is 0 Å². The number of halogens is 1. The van der Waals surface area contributed by atoms with Crippen LogP contribution in [-0.2, 0) is 18.3 Å². The Bertz CT molecular complexity index is 798. The summed E-state index contributed by atoms with van der Waals surface area (Å²) in [4.78, 5) is 4.74. The predicted molar refractivity (Wildman–Crippen MR) is 116 cm³/mol. The highest BCUT2D eigenvalue weighted by Gasteiger charge is 2.16. The van der Waals surface area contributed by atoms with Crippen LogP contribution < -0.4 is 10.6 Å². The van der Waals surface area contributed by atoms with E-state index in [1.165, 1.54) is 5.56 Å². The number of hydrogen-bond donors (Lipinski definition) is 2. The van der Waals surface area contributed by atoms with Crippen LogP contribution in [0, 0.1) is 6.92 Å². The van der Waals surface area contributed by atoms with Gasteiger partial charge in [0.15, 0.2) is 11.8 Å². The van der Waals surface area contributed by atoms with Gasteiger partial charge in [-0.2, -0.15) is 0 Å². The molecule has 0 bridgehead atoms. The number of aryl methyl sites for hydroxylation is 1. The van der Waals surface area contributed by atoms with Crippen molar-refractivity contribution in [1.82, 2.24) is 25.4 Å². The van der Waals surface area contributed by atoms with Crippen molar-refractivity contribution in [1.29, 1.82) is 0 Å². The number of rotatable bonds is 8. The largest absolute Gasteiger partial charge is 0.376 e. The van der Waals surface area contributed by atoms with E-state index in [-0.39, 0.29) is 6.10 Å². The minimum absolute atomic E-state index is 0.248. The molecule has 1 aromatic carbocycles. The average molecular weight is 419 g/mol. The SMILES string of the molecule is CCC(CNC(=NCc1nnc(C)n1C)NCC1CCCO1)c1ccc(Cl)cc1. The van der Waals surface area contributed by atoms with Crippen molar-refractivity contribution in [3.05, 3.63) is 46.5 Å². The number of guanidine groups is 1. The summed E-state index contributed by atoms with van der Waals surface area (Å²) in [5, 5.41) is 16.0. The lowest BCUT2D eigenvalue weighted by atomic mass is 9.96. The molecule has 2 N–H and O–H groups in total. The van der Waals surface area contributed by atoms with Gasteiger partial charge in [0.2, 0.25) is 0 Å². The van der Waals surface area contributed by atoms with Gasteiger partial charge in [-0.1, -0.05) is 30.7 Å². The van der Waals surface area contributed by atoms with Gasteiger partial charge < -0.3 is 19.9 Å². The molecule has 1 aromatic heterocycles. The van der Waals surface area contributed by atoms with Crippen LogP contribution in [0.3, 0.4) is 0 Å². The van der Waals surface area contributed by atoms with Gasteiger partial charge >= 0.3 is 0 Å². The van der Waals surface area contributed by atoms with E-state index in [0.29, 0.717) is 12.5 Å². The van der Waals surface area contributed by atoms with Crippen LogP contribution in [0.25, 0.3) is 0 Å². The van der Waals surface area contributed by atoms with Gasteiger partial charge in [-0.25, -0.2) is 4.99 Å². The van der Waals surface area contributed by atoms with Gasteiger partial charge in [0.05, 0.1) is 6.10 Å². The second-order valence-electron chi connectivity index (χ2n) is 7.44. The minimum Gasteiger partial charge on any atom is -0.376 e. The zero-order valence-electron chi connectivity index (χ0n) is 17.5. The number of ether oxygens (including phenoxy) is 1. The first kappa shape index (κ1) is 21.6. The standard InChI is InChI=1S/C21H31ClN6O/c1-4-16(17-7-9-18(22)10-8-17)12-23-21(24-13-19-6-5-11-29-19)25-14-20-27-26-15(2)28(20)3/h7-10,16,19H,4-6,11-14H2,1-3H3,(H2,23,24,25). The maximum Gasteiger partial charge on any atom is 0.191 e. The van der Waals surface area contributed by atoms with E-state index < -0.39 is 0 Å². The van der Waals surface area contributed by atoms with Gasteiger partial charge in [-0.3, -0.25) is 0 Å². The van der Waals surface area contributed by atoms with Crippen molar-refractivity contribution in [2.45, 2.75) is 51.7 Å². The minimum atomic E-state index is 0.248. The molecule has 8 heteroatoms. The molecule has 0 spiro atoms. The number of benzene rings is 1. The molecule has 2 atom stereocenters. The fourth-order valence-electron chi connectivity index (χ4n) is 3.38. The molecule has 2 unspecified atom stereocenters. The highest BCUT2D eigenvalue weighted by molar-refractivity contribution is 6.30. The lowest BCUT2D eigenvalue weighted by Gasteiger charge is -2.20. The number of hydrogen-bond acceptors (Lipinski definition) is 4. The predicted octanol–water partition coefficient (Wildman–Crippen LogP) is 3.18. The van der Waals surface area contributed by atoms with Crippen LogP contribution in [0.1, 0.15) is 49.3 Å². The summed E-state index contributed by atoms with van der Waals surface area (Å²) in [6, 6.07) is 8.08. The summed E-state index contributed by atoms with van der Waals surface area (Å²) < 4.78 is 7.69.